The van der Waals surface area contributed by atoms with E-state index >= 15 is 0 Å². The minimum atomic E-state index is 0.199. The monoisotopic (exact) mass is 206 g/mol. The number of anilines is 1. The van der Waals surface area contributed by atoms with Crippen LogP contribution >= 0.6 is 0 Å². The van der Waals surface area contributed by atoms with E-state index in [4.69, 9.17) is 0 Å². The van der Waals surface area contributed by atoms with E-state index in [1.54, 1.807) is 5.01 Å². The highest BCUT2D eigenvalue weighted by atomic mass is 16.3. The van der Waals surface area contributed by atoms with Crippen molar-refractivity contribution in [2.24, 2.45) is 5.29 Å². The highest BCUT2D eigenvalue weighted by molar-refractivity contribution is 5.47. The summed E-state index contributed by atoms with van der Waals surface area (Å²) in [5.74, 6) is 0. The molecule has 15 heavy (non-hydrogen) atoms. The van der Waals surface area contributed by atoms with Gasteiger partial charge in [-0.25, -0.2) is 5.01 Å². The molecule has 0 aliphatic heterocycles. The van der Waals surface area contributed by atoms with E-state index in [-0.39, 0.29) is 6.04 Å². The van der Waals surface area contributed by atoms with Crippen LogP contribution in [0.2, 0.25) is 0 Å². The summed E-state index contributed by atoms with van der Waals surface area (Å²) in [6.45, 7) is 6.17. The molecule has 0 bridgehead atoms. The maximum Gasteiger partial charge on any atom is 0.0629 e. The minimum absolute atomic E-state index is 0.199. The third kappa shape index (κ3) is 2.78. The van der Waals surface area contributed by atoms with Gasteiger partial charge in [-0.1, -0.05) is 31.5 Å². The van der Waals surface area contributed by atoms with Crippen LogP contribution in [0.5, 0.6) is 0 Å². The molecule has 82 valence electrons. The van der Waals surface area contributed by atoms with Gasteiger partial charge in [0.25, 0.3) is 0 Å². The Hall–Kier alpha value is -1.38. The SMILES string of the molecule is CCC(CC)N(N=O)c1ccc(C)cc1. The van der Waals surface area contributed by atoms with Crippen LogP contribution in [0, 0.1) is 11.8 Å². The molecule has 0 saturated carbocycles. The Morgan fingerprint density at radius 1 is 1.20 bits per heavy atom. The van der Waals surface area contributed by atoms with E-state index in [1.807, 2.05) is 31.2 Å². The molecule has 0 aliphatic rings. The van der Waals surface area contributed by atoms with Gasteiger partial charge in [-0.2, -0.15) is 0 Å². The smallest absolute Gasteiger partial charge is 0.0629 e. The zero-order valence-corrected chi connectivity index (χ0v) is 9.60. The van der Waals surface area contributed by atoms with Crippen molar-refractivity contribution in [3.63, 3.8) is 0 Å². The van der Waals surface area contributed by atoms with E-state index in [2.05, 4.69) is 19.1 Å². The summed E-state index contributed by atoms with van der Waals surface area (Å²) in [5, 5.41) is 4.68. The molecule has 0 aromatic heterocycles. The largest absolute Gasteiger partial charge is 0.226 e. The van der Waals surface area contributed by atoms with Gasteiger partial charge in [-0.15, -0.1) is 4.91 Å². The molecule has 0 spiro atoms. The molecule has 3 nitrogen and oxygen atoms in total. The van der Waals surface area contributed by atoms with Gasteiger partial charge in [0.2, 0.25) is 0 Å². The zero-order valence-electron chi connectivity index (χ0n) is 9.60. The second kappa shape index (κ2) is 5.49. The van der Waals surface area contributed by atoms with E-state index in [0.29, 0.717) is 0 Å². The Morgan fingerprint density at radius 3 is 2.13 bits per heavy atom. The summed E-state index contributed by atoms with van der Waals surface area (Å²) in [5.41, 5.74) is 2.07. The molecule has 1 aromatic carbocycles. The van der Waals surface area contributed by atoms with Crippen LogP contribution in [0.4, 0.5) is 5.69 Å². The summed E-state index contributed by atoms with van der Waals surface area (Å²) >= 11 is 0. The lowest BCUT2D eigenvalue weighted by atomic mass is 10.1. The summed E-state index contributed by atoms with van der Waals surface area (Å²) < 4.78 is 0. The van der Waals surface area contributed by atoms with Crippen LogP contribution in [0.3, 0.4) is 0 Å². The van der Waals surface area contributed by atoms with Crippen molar-refractivity contribution in [2.75, 3.05) is 5.01 Å². The first kappa shape index (κ1) is 11.7. The van der Waals surface area contributed by atoms with E-state index in [1.165, 1.54) is 5.56 Å². The van der Waals surface area contributed by atoms with Crippen molar-refractivity contribution in [3.05, 3.63) is 34.7 Å². The topological polar surface area (TPSA) is 32.7 Å². The summed E-state index contributed by atoms with van der Waals surface area (Å²) in [6.07, 6.45) is 1.85. The predicted molar refractivity (Wildman–Crippen MR) is 63.8 cm³/mol. The van der Waals surface area contributed by atoms with E-state index < -0.39 is 0 Å². The van der Waals surface area contributed by atoms with Gasteiger partial charge in [-0.05, 0) is 31.9 Å². The third-order valence-corrected chi connectivity index (χ3v) is 2.67. The van der Waals surface area contributed by atoms with Crippen molar-refractivity contribution in [3.8, 4) is 0 Å². The van der Waals surface area contributed by atoms with Crippen molar-refractivity contribution in [1.82, 2.24) is 0 Å². The Labute approximate surface area is 91.0 Å². The number of hydrogen-bond acceptors (Lipinski definition) is 2. The average molecular weight is 206 g/mol. The second-order valence-corrected chi connectivity index (χ2v) is 3.73. The van der Waals surface area contributed by atoms with Crippen LogP contribution in [0.15, 0.2) is 29.6 Å². The Balaban J connectivity index is 2.91. The van der Waals surface area contributed by atoms with E-state index in [0.717, 1.165) is 18.5 Å². The van der Waals surface area contributed by atoms with Crippen LogP contribution in [0.25, 0.3) is 0 Å². The highest BCUT2D eigenvalue weighted by Crippen LogP contribution is 2.21. The van der Waals surface area contributed by atoms with E-state index in [9.17, 15) is 4.91 Å². The van der Waals surface area contributed by atoms with Crippen LogP contribution < -0.4 is 5.01 Å². The Bertz CT molecular complexity index is 304. The molecular formula is C12H18N2O. The molecule has 0 saturated heterocycles. The van der Waals surface area contributed by atoms with Crippen LogP contribution in [-0.2, 0) is 0 Å². The van der Waals surface area contributed by atoms with Gasteiger partial charge >= 0.3 is 0 Å². The first-order valence-electron chi connectivity index (χ1n) is 5.42. The van der Waals surface area contributed by atoms with Gasteiger partial charge in [0.15, 0.2) is 0 Å². The number of rotatable bonds is 5. The summed E-state index contributed by atoms with van der Waals surface area (Å²) in [6, 6.07) is 8.07. The molecule has 3 heteroatoms. The maximum absolute atomic E-state index is 10.8. The third-order valence-electron chi connectivity index (χ3n) is 2.67. The van der Waals surface area contributed by atoms with Crippen molar-refractivity contribution in [1.29, 1.82) is 0 Å². The highest BCUT2D eigenvalue weighted by Gasteiger charge is 2.15. The second-order valence-electron chi connectivity index (χ2n) is 3.73. The lowest BCUT2D eigenvalue weighted by molar-refractivity contribution is 0.567. The molecule has 0 aliphatic carbocycles. The van der Waals surface area contributed by atoms with Crippen molar-refractivity contribution in [2.45, 2.75) is 39.7 Å². The summed E-state index contributed by atoms with van der Waals surface area (Å²) in [4.78, 5) is 10.8. The normalized spacial score (nSPS) is 10.4. The fourth-order valence-electron chi connectivity index (χ4n) is 1.66. The minimum Gasteiger partial charge on any atom is -0.226 e. The molecule has 0 heterocycles. The number of nitroso groups, excluding NO2 is 1. The van der Waals surface area contributed by atoms with Gasteiger partial charge < -0.3 is 0 Å². The molecule has 0 fully saturated rings. The predicted octanol–water partition coefficient (Wildman–Crippen LogP) is 3.67. The van der Waals surface area contributed by atoms with Crippen molar-refractivity contribution < 1.29 is 0 Å². The Kier molecular flexibility index (Phi) is 4.28. The first-order valence-corrected chi connectivity index (χ1v) is 5.42. The molecule has 0 N–H and O–H groups in total. The van der Waals surface area contributed by atoms with Gasteiger partial charge in [0, 0.05) is 0 Å². The fourth-order valence-corrected chi connectivity index (χ4v) is 1.66. The quantitative estimate of drug-likeness (QED) is 0.544. The van der Waals surface area contributed by atoms with Gasteiger partial charge in [0.05, 0.1) is 17.0 Å². The lowest BCUT2D eigenvalue weighted by Crippen LogP contribution is -2.28. The molecular weight excluding hydrogens is 188 g/mol. The molecule has 0 unspecified atom stereocenters. The van der Waals surface area contributed by atoms with Crippen molar-refractivity contribution >= 4 is 5.69 Å². The lowest BCUT2D eigenvalue weighted by Gasteiger charge is -2.24. The molecule has 0 atom stereocenters. The fraction of sp³-hybridized carbons (Fsp3) is 0.500. The first-order chi connectivity index (χ1) is 7.22. The van der Waals surface area contributed by atoms with Gasteiger partial charge in [0.1, 0.15) is 0 Å². The molecule has 1 aromatic rings. The average Bonchev–Trinajstić information content (AvgIpc) is 2.27. The van der Waals surface area contributed by atoms with Gasteiger partial charge in [-0.3, -0.25) is 0 Å². The Morgan fingerprint density at radius 2 is 1.73 bits per heavy atom. The zero-order chi connectivity index (χ0) is 11.3. The van der Waals surface area contributed by atoms with Crippen LogP contribution in [-0.4, -0.2) is 6.04 Å². The summed E-state index contributed by atoms with van der Waals surface area (Å²) in [7, 11) is 0. The number of aryl methyl sites for hydroxylation is 1. The molecule has 1 rings (SSSR count). The molecule has 0 radical (unpaired) electrons. The number of benzene rings is 1. The number of nitrogens with zero attached hydrogens (tertiary/aromatic N) is 2. The number of hydrogen-bond donors (Lipinski definition) is 0. The molecule has 0 amide bonds. The van der Waals surface area contributed by atoms with Crippen LogP contribution in [0.1, 0.15) is 32.3 Å². The maximum atomic E-state index is 10.8. The standard InChI is InChI=1S/C12H18N2O/c1-4-11(5-2)14(13-15)12-8-6-10(3)7-9-12/h6-9,11H,4-5H2,1-3H3.